The third kappa shape index (κ3) is 5.21. The minimum Gasteiger partial charge on any atom is -0.399 e. The van der Waals surface area contributed by atoms with Crippen LogP contribution in [-0.4, -0.2) is 25.3 Å². The molecule has 0 radical (unpaired) electrons. The van der Waals surface area contributed by atoms with Gasteiger partial charge in [0.1, 0.15) is 5.25 Å². The predicted molar refractivity (Wildman–Crippen MR) is 87.2 cm³/mol. The summed E-state index contributed by atoms with van der Waals surface area (Å²) in [5, 5.41) is 1.68. The van der Waals surface area contributed by atoms with Gasteiger partial charge in [-0.15, -0.1) is 0 Å². The summed E-state index contributed by atoms with van der Waals surface area (Å²) in [5.74, 6) is -0.332. The van der Waals surface area contributed by atoms with Crippen LogP contribution in [0.3, 0.4) is 0 Å². The van der Waals surface area contributed by atoms with Crippen molar-refractivity contribution in [3.63, 3.8) is 0 Å². The largest absolute Gasteiger partial charge is 0.399 e. The Bertz CT molecular complexity index is 615. The van der Waals surface area contributed by atoms with Crippen molar-refractivity contribution in [2.24, 2.45) is 5.92 Å². The molecular weight excluding hydrogens is 312 g/mol. The van der Waals surface area contributed by atoms with E-state index in [2.05, 4.69) is 5.32 Å². The van der Waals surface area contributed by atoms with Crippen LogP contribution in [0.15, 0.2) is 18.2 Å². The Morgan fingerprint density at radius 2 is 1.95 bits per heavy atom. The molecule has 7 heteroatoms. The predicted octanol–water partition coefficient (Wildman–Crippen LogP) is 2.71. The molecule has 0 saturated carbocycles. The molecule has 1 rings (SSSR count). The van der Waals surface area contributed by atoms with Crippen molar-refractivity contribution in [3.8, 4) is 0 Å². The number of nitrogens with one attached hydrogen (secondary N) is 1. The number of hydrogen-bond acceptors (Lipinski definition) is 4. The molecule has 1 unspecified atom stereocenters. The standard InChI is InChI=1S/C14H21ClN2O3S/c1-9(2)6-7-21(19,20)10(3)14(18)17-13-5-4-11(16)8-12(13)15/h4-5,8-10H,6-7,16H2,1-3H3,(H,17,18). The maximum absolute atomic E-state index is 12.1. The molecule has 0 aliphatic carbocycles. The van der Waals surface area contributed by atoms with Crippen LogP contribution in [0.25, 0.3) is 0 Å². The zero-order valence-electron chi connectivity index (χ0n) is 12.4. The Morgan fingerprint density at radius 1 is 1.33 bits per heavy atom. The highest BCUT2D eigenvalue weighted by Crippen LogP contribution is 2.24. The minimum absolute atomic E-state index is 0.00523. The summed E-state index contributed by atoms with van der Waals surface area (Å²) < 4.78 is 24.2. The van der Waals surface area contributed by atoms with E-state index in [-0.39, 0.29) is 16.7 Å². The molecule has 0 heterocycles. The second-order valence-electron chi connectivity index (χ2n) is 5.42. The van der Waals surface area contributed by atoms with Gasteiger partial charge in [-0.1, -0.05) is 25.4 Å². The molecule has 0 aliphatic heterocycles. The molecule has 5 nitrogen and oxygen atoms in total. The Kier molecular flexibility index (Phi) is 6.04. The van der Waals surface area contributed by atoms with E-state index in [4.69, 9.17) is 17.3 Å². The fourth-order valence-electron chi connectivity index (χ4n) is 1.61. The number of nitrogen functional groups attached to an aromatic ring is 1. The van der Waals surface area contributed by atoms with E-state index in [1.807, 2.05) is 13.8 Å². The van der Waals surface area contributed by atoms with Gasteiger partial charge in [0.05, 0.1) is 16.5 Å². The van der Waals surface area contributed by atoms with E-state index in [1.54, 1.807) is 12.1 Å². The number of amides is 1. The molecule has 0 aromatic heterocycles. The number of halogens is 1. The van der Waals surface area contributed by atoms with Crippen LogP contribution in [-0.2, 0) is 14.6 Å². The summed E-state index contributed by atoms with van der Waals surface area (Å²) in [7, 11) is -3.48. The molecule has 1 aromatic rings. The van der Waals surface area contributed by atoms with Gasteiger partial charge in [-0.25, -0.2) is 8.42 Å². The van der Waals surface area contributed by atoms with Crippen LogP contribution in [0.5, 0.6) is 0 Å². The van der Waals surface area contributed by atoms with Crippen molar-refractivity contribution in [2.75, 3.05) is 16.8 Å². The van der Waals surface area contributed by atoms with Gasteiger partial charge in [0.25, 0.3) is 0 Å². The number of nitrogens with two attached hydrogens (primary N) is 1. The van der Waals surface area contributed by atoms with Gasteiger partial charge < -0.3 is 11.1 Å². The van der Waals surface area contributed by atoms with E-state index in [0.29, 0.717) is 17.8 Å². The van der Waals surface area contributed by atoms with Gasteiger partial charge in [0.2, 0.25) is 5.91 Å². The van der Waals surface area contributed by atoms with Crippen molar-refractivity contribution in [1.82, 2.24) is 0 Å². The average molecular weight is 333 g/mol. The SMILES string of the molecule is CC(C)CCS(=O)(=O)C(C)C(=O)Nc1ccc(N)cc1Cl. The molecular formula is C14H21ClN2O3S. The molecule has 1 aromatic carbocycles. The van der Waals surface area contributed by atoms with Gasteiger partial charge in [0, 0.05) is 5.69 Å². The normalized spacial score (nSPS) is 13.2. The van der Waals surface area contributed by atoms with Crippen LogP contribution in [0, 0.1) is 5.92 Å². The van der Waals surface area contributed by atoms with Gasteiger partial charge in [-0.05, 0) is 37.5 Å². The molecule has 0 saturated heterocycles. The molecule has 1 atom stereocenters. The molecule has 3 N–H and O–H groups in total. The van der Waals surface area contributed by atoms with Crippen LogP contribution in [0.4, 0.5) is 11.4 Å². The number of carbonyl (C=O) groups excluding carboxylic acids is 1. The fraction of sp³-hybridized carbons (Fsp3) is 0.500. The zero-order valence-corrected chi connectivity index (χ0v) is 14.0. The lowest BCUT2D eigenvalue weighted by Crippen LogP contribution is -2.34. The first kappa shape index (κ1) is 17.8. The Labute approximate surface area is 130 Å². The first-order chi connectivity index (χ1) is 9.63. The van der Waals surface area contributed by atoms with Crippen LogP contribution >= 0.6 is 11.6 Å². The molecule has 118 valence electrons. The maximum atomic E-state index is 12.1. The topological polar surface area (TPSA) is 89.3 Å². The second-order valence-corrected chi connectivity index (χ2v) is 8.27. The second kappa shape index (κ2) is 7.13. The zero-order chi connectivity index (χ0) is 16.2. The Hall–Kier alpha value is -1.27. The highest BCUT2D eigenvalue weighted by molar-refractivity contribution is 7.92. The summed E-state index contributed by atoms with van der Waals surface area (Å²) in [6, 6.07) is 4.62. The lowest BCUT2D eigenvalue weighted by atomic mass is 10.2. The average Bonchev–Trinajstić information content (AvgIpc) is 2.38. The first-order valence-electron chi connectivity index (χ1n) is 6.71. The summed E-state index contributed by atoms with van der Waals surface area (Å²) in [5.41, 5.74) is 6.38. The molecule has 0 spiro atoms. The Balaban J connectivity index is 2.78. The van der Waals surface area contributed by atoms with Gasteiger partial charge in [0.15, 0.2) is 9.84 Å². The van der Waals surface area contributed by atoms with E-state index < -0.39 is 21.0 Å². The summed E-state index contributed by atoms with van der Waals surface area (Å²) >= 11 is 5.95. The minimum atomic E-state index is -3.48. The third-order valence-corrected chi connectivity index (χ3v) is 5.55. The number of sulfone groups is 1. The smallest absolute Gasteiger partial charge is 0.242 e. The summed E-state index contributed by atoms with van der Waals surface area (Å²) in [6.07, 6.45) is 0.530. The fourth-order valence-corrected chi connectivity index (χ4v) is 3.38. The lowest BCUT2D eigenvalue weighted by Gasteiger charge is -2.15. The van der Waals surface area contributed by atoms with E-state index in [0.717, 1.165) is 0 Å². The molecule has 0 bridgehead atoms. The van der Waals surface area contributed by atoms with Crippen molar-refractivity contribution in [2.45, 2.75) is 32.4 Å². The van der Waals surface area contributed by atoms with E-state index in [9.17, 15) is 13.2 Å². The van der Waals surface area contributed by atoms with Crippen molar-refractivity contribution in [1.29, 1.82) is 0 Å². The van der Waals surface area contributed by atoms with Crippen molar-refractivity contribution >= 4 is 38.7 Å². The molecule has 1 amide bonds. The first-order valence-corrected chi connectivity index (χ1v) is 8.80. The highest BCUT2D eigenvalue weighted by atomic mass is 35.5. The monoisotopic (exact) mass is 332 g/mol. The van der Waals surface area contributed by atoms with Crippen LogP contribution in [0.2, 0.25) is 5.02 Å². The van der Waals surface area contributed by atoms with Gasteiger partial charge >= 0.3 is 0 Å². The maximum Gasteiger partial charge on any atom is 0.242 e. The van der Waals surface area contributed by atoms with E-state index in [1.165, 1.54) is 13.0 Å². The quantitative estimate of drug-likeness (QED) is 0.784. The van der Waals surface area contributed by atoms with Crippen LogP contribution < -0.4 is 11.1 Å². The highest BCUT2D eigenvalue weighted by Gasteiger charge is 2.28. The van der Waals surface area contributed by atoms with E-state index >= 15 is 0 Å². The van der Waals surface area contributed by atoms with Gasteiger partial charge in [-0.3, -0.25) is 4.79 Å². The lowest BCUT2D eigenvalue weighted by molar-refractivity contribution is -0.115. The molecule has 21 heavy (non-hydrogen) atoms. The number of carbonyl (C=O) groups is 1. The summed E-state index contributed by atoms with van der Waals surface area (Å²) in [4.78, 5) is 12.1. The number of benzene rings is 1. The van der Waals surface area contributed by atoms with Crippen LogP contribution in [0.1, 0.15) is 27.2 Å². The van der Waals surface area contributed by atoms with Crippen molar-refractivity contribution in [3.05, 3.63) is 23.2 Å². The molecule has 0 aliphatic rings. The van der Waals surface area contributed by atoms with Crippen molar-refractivity contribution < 1.29 is 13.2 Å². The number of hydrogen-bond donors (Lipinski definition) is 2. The number of rotatable bonds is 6. The van der Waals surface area contributed by atoms with Gasteiger partial charge in [-0.2, -0.15) is 0 Å². The number of anilines is 2. The third-order valence-electron chi connectivity index (χ3n) is 3.14. The molecule has 0 fully saturated rings. The summed E-state index contributed by atoms with van der Waals surface area (Å²) in [6.45, 7) is 5.26. The Morgan fingerprint density at radius 3 is 2.48 bits per heavy atom.